The van der Waals surface area contributed by atoms with Crippen molar-refractivity contribution in [3.8, 4) is 5.88 Å². The van der Waals surface area contributed by atoms with Crippen LogP contribution in [0.1, 0.15) is 32.6 Å². The molecule has 1 fully saturated rings. The third-order valence-electron chi connectivity index (χ3n) is 6.93. The van der Waals surface area contributed by atoms with Gasteiger partial charge >= 0.3 is 0 Å². The van der Waals surface area contributed by atoms with E-state index in [1.807, 2.05) is 30.3 Å². The predicted octanol–water partition coefficient (Wildman–Crippen LogP) is 4.10. The van der Waals surface area contributed by atoms with Gasteiger partial charge in [-0.15, -0.1) is 0 Å². The van der Waals surface area contributed by atoms with E-state index in [9.17, 15) is 14.0 Å². The molecule has 1 unspecified atom stereocenters. The van der Waals surface area contributed by atoms with Crippen LogP contribution in [0.2, 0.25) is 10.0 Å². The van der Waals surface area contributed by atoms with Crippen LogP contribution in [0.15, 0.2) is 53.7 Å². The molecule has 220 valence electrons. The number of hydrogen-bond acceptors (Lipinski definition) is 8. The summed E-state index contributed by atoms with van der Waals surface area (Å²) < 4.78 is 30.1. The van der Waals surface area contributed by atoms with Crippen molar-refractivity contribution in [3.05, 3.63) is 92.3 Å². The highest BCUT2D eigenvalue weighted by Gasteiger charge is 2.31. The van der Waals surface area contributed by atoms with E-state index < -0.39 is 17.9 Å². The number of hydrogen-bond donors (Lipinski definition) is 1. The van der Waals surface area contributed by atoms with Crippen molar-refractivity contribution in [2.45, 2.75) is 19.1 Å². The van der Waals surface area contributed by atoms with Crippen LogP contribution < -0.4 is 10.1 Å². The molecule has 0 spiro atoms. The summed E-state index contributed by atoms with van der Waals surface area (Å²) in [6.45, 7) is 3.56. The third kappa shape index (κ3) is 6.96. The molecule has 42 heavy (non-hydrogen) atoms. The smallest absolute Gasteiger partial charge is 0.258 e. The topological polar surface area (TPSA) is 102 Å². The molecule has 0 aliphatic carbocycles. The second-order valence-electron chi connectivity index (χ2n) is 9.81. The maximum Gasteiger partial charge on any atom is 0.258 e. The summed E-state index contributed by atoms with van der Waals surface area (Å²) in [6.07, 6.45) is -0.337. The monoisotopic (exact) mass is 614 g/mol. The van der Waals surface area contributed by atoms with Crippen LogP contribution in [0.25, 0.3) is 0 Å². The highest BCUT2D eigenvalue weighted by molar-refractivity contribution is 6.38. The molecule has 1 aromatic heterocycles. The first-order chi connectivity index (χ1) is 20.3. The van der Waals surface area contributed by atoms with Gasteiger partial charge in [0.2, 0.25) is 5.88 Å². The number of benzene rings is 2. The molecule has 0 bridgehead atoms. The minimum Gasteiger partial charge on any atom is -0.475 e. The predicted molar refractivity (Wildman–Crippen MR) is 156 cm³/mol. The molecular formula is C30H29Cl2FN4O5. The zero-order chi connectivity index (χ0) is 29.6. The standard InChI is InChI=1S/C30H29Cl2FN4O5/c1-40-10-11-42-30-23(15-21(33)16-34-30)29(39)36-28-25(38)13-18-4-2-3-5-22(18)27(35-28)26-19(12-20(31)14-24(26)32)17-37-6-8-41-9-7-37/h2-5,12,14-16,28H,6-11,13,17H2,1H3,(H,36,39). The number of ether oxygens (including phenoxy) is 3. The number of amides is 1. The van der Waals surface area contributed by atoms with Gasteiger partial charge in [0.25, 0.3) is 5.91 Å². The summed E-state index contributed by atoms with van der Waals surface area (Å²) in [4.78, 5) is 37.8. The van der Waals surface area contributed by atoms with Gasteiger partial charge < -0.3 is 19.5 Å². The molecule has 1 amide bonds. The Bertz CT molecular complexity index is 1510. The summed E-state index contributed by atoms with van der Waals surface area (Å²) in [5, 5.41) is 3.49. The normalized spacial score (nSPS) is 17.3. The second-order valence-corrected chi connectivity index (χ2v) is 10.7. The number of aliphatic imine (C=N–C) groups is 1. The highest BCUT2D eigenvalue weighted by Crippen LogP contribution is 2.32. The van der Waals surface area contributed by atoms with Crippen LogP contribution in [0.4, 0.5) is 4.39 Å². The lowest BCUT2D eigenvalue weighted by Gasteiger charge is -2.28. The zero-order valence-electron chi connectivity index (χ0n) is 22.9. The van der Waals surface area contributed by atoms with Gasteiger partial charge in [0.15, 0.2) is 11.9 Å². The first-order valence-corrected chi connectivity index (χ1v) is 14.1. The first kappa shape index (κ1) is 30.1. The number of halogens is 3. The molecule has 1 saturated heterocycles. The fourth-order valence-corrected chi connectivity index (χ4v) is 5.54. The quantitative estimate of drug-likeness (QED) is 0.362. The average molecular weight is 615 g/mol. The van der Waals surface area contributed by atoms with Crippen molar-refractivity contribution in [1.82, 2.24) is 15.2 Å². The largest absolute Gasteiger partial charge is 0.475 e. The number of carbonyl (C=O) groups excluding carboxylic acids is 2. The number of pyridine rings is 1. The molecule has 2 aromatic carbocycles. The summed E-state index contributed by atoms with van der Waals surface area (Å²) in [7, 11) is 1.50. The molecule has 5 rings (SSSR count). The lowest BCUT2D eigenvalue weighted by atomic mass is 9.93. The fourth-order valence-electron chi connectivity index (χ4n) is 4.92. The van der Waals surface area contributed by atoms with Gasteiger partial charge in [0, 0.05) is 49.3 Å². The number of morpholine rings is 1. The van der Waals surface area contributed by atoms with Crippen LogP contribution in [-0.4, -0.2) is 80.1 Å². The van der Waals surface area contributed by atoms with Gasteiger partial charge in [-0.25, -0.2) is 9.37 Å². The van der Waals surface area contributed by atoms with Crippen molar-refractivity contribution >= 4 is 40.6 Å². The van der Waals surface area contributed by atoms with Gasteiger partial charge in [-0.2, -0.15) is 0 Å². The van der Waals surface area contributed by atoms with Crippen LogP contribution in [0.3, 0.4) is 0 Å². The Morgan fingerprint density at radius 3 is 2.74 bits per heavy atom. The SMILES string of the molecule is COCCOc1ncc(F)cc1C(=O)NC1N=C(c2c(Cl)cc(Cl)cc2CN2CCOCC2)c2ccccc2CC1=O. The number of carbonyl (C=O) groups is 2. The fraction of sp³-hybridized carbons (Fsp3) is 0.333. The van der Waals surface area contributed by atoms with E-state index >= 15 is 0 Å². The van der Waals surface area contributed by atoms with Crippen LogP contribution in [0.5, 0.6) is 5.88 Å². The molecule has 0 saturated carbocycles. The number of nitrogens with zero attached hydrogens (tertiary/aromatic N) is 3. The molecule has 1 atom stereocenters. The van der Waals surface area contributed by atoms with E-state index in [1.54, 1.807) is 6.07 Å². The molecular weight excluding hydrogens is 586 g/mol. The summed E-state index contributed by atoms with van der Waals surface area (Å²) in [5.41, 5.74) is 3.16. The van der Waals surface area contributed by atoms with E-state index in [2.05, 4.69) is 15.2 Å². The van der Waals surface area contributed by atoms with Crippen molar-refractivity contribution in [1.29, 1.82) is 0 Å². The molecule has 12 heteroatoms. The first-order valence-electron chi connectivity index (χ1n) is 13.4. The van der Waals surface area contributed by atoms with Crippen molar-refractivity contribution in [3.63, 3.8) is 0 Å². The summed E-state index contributed by atoms with van der Waals surface area (Å²) in [5.74, 6) is -1.94. The van der Waals surface area contributed by atoms with E-state index in [1.165, 1.54) is 7.11 Å². The molecule has 1 N–H and O–H groups in total. The third-order valence-corrected chi connectivity index (χ3v) is 7.44. The lowest BCUT2D eigenvalue weighted by molar-refractivity contribution is -0.120. The van der Waals surface area contributed by atoms with Gasteiger partial charge in [-0.05, 0) is 29.3 Å². The number of rotatable bonds is 9. The van der Waals surface area contributed by atoms with Gasteiger partial charge in [-0.3, -0.25) is 19.5 Å². The maximum atomic E-state index is 14.1. The Labute approximate surface area is 252 Å². The molecule has 0 radical (unpaired) electrons. The number of ketones is 1. The molecule has 9 nitrogen and oxygen atoms in total. The summed E-state index contributed by atoms with van der Waals surface area (Å²) >= 11 is 13.3. The van der Waals surface area contributed by atoms with Crippen molar-refractivity contribution in [2.75, 3.05) is 46.6 Å². The van der Waals surface area contributed by atoms with Crippen LogP contribution in [-0.2, 0) is 27.2 Å². The Morgan fingerprint density at radius 2 is 1.95 bits per heavy atom. The molecule has 2 aliphatic heterocycles. The highest BCUT2D eigenvalue weighted by atomic mass is 35.5. The van der Waals surface area contributed by atoms with Crippen LogP contribution in [0, 0.1) is 5.82 Å². The Morgan fingerprint density at radius 1 is 1.17 bits per heavy atom. The lowest BCUT2D eigenvalue weighted by Crippen LogP contribution is -2.40. The molecule has 2 aliphatic rings. The number of aromatic nitrogens is 1. The maximum absolute atomic E-state index is 14.1. The number of nitrogens with one attached hydrogen (secondary N) is 1. The number of fused-ring (bicyclic) bond motifs is 1. The van der Waals surface area contributed by atoms with E-state index in [0.717, 1.165) is 36.5 Å². The van der Waals surface area contributed by atoms with Gasteiger partial charge in [0.05, 0.1) is 36.8 Å². The van der Waals surface area contributed by atoms with Gasteiger partial charge in [0.1, 0.15) is 18.0 Å². The minimum absolute atomic E-state index is 0.0106. The summed E-state index contributed by atoms with van der Waals surface area (Å²) in [6, 6.07) is 11.9. The number of Topliss-reactive ketones (excluding diaryl/α,β-unsaturated/α-hetero) is 1. The Kier molecular flexibility index (Phi) is 9.81. The van der Waals surface area contributed by atoms with Gasteiger partial charge in [-0.1, -0.05) is 47.5 Å². The minimum atomic E-state index is -1.29. The van der Waals surface area contributed by atoms with Crippen molar-refractivity contribution in [2.24, 2.45) is 4.99 Å². The van der Waals surface area contributed by atoms with E-state index in [4.69, 9.17) is 42.4 Å². The van der Waals surface area contributed by atoms with E-state index in [-0.39, 0.29) is 36.9 Å². The number of methoxy groups -OCH3 is 1. The zero-order valence-corrected chi connectivity index (χ0v) is 24.4. The van der Waals surface area contributed by atoms with Crippen LogP contribution >= 0.6 is 23.2 Å². The molecule has 3 aromatic rings. The van der Waals surface area contributed by atoms with E-state index in [0.29, 0.717) is 46.6 Å². The Hall–Kier alpha value is -3.41. The Balaban J connectivity index is 1.55. The molecule has 3 heterocycles. The average Bonchev–Trinajstić information content (AvgIpc) is 3.10. The van der Waals surface area contributed by atoms with Crippen molar-refractivity contribution < 1.29 is 28.2 Å². The second kappa shape index (κ2) is 13.7.